The number of furan rings is 1. The van der Waals surface area contributed by atoms with Crippen molar-refractivity contribution in [1.82, 2.24) is 0 Å². The molecule has 0 fully saturated rings. The number of nitro benzene ring substituents is 1. The number of carbonyl (C=O) groups excluding carboxylic acids is 1. The standard InChI is InChI=1S/C15H9ClN2O4/c1-9-13(4-5-22-9)15(19)11(8-17)6-10-7-12(18(20)21)2-3-14(10)16/h2-7H,1H3/b11-6+. The van der Waals surface area contributed by atoms with Gasteiger partial charge in [0, 0.05) is 22.7 Å². The molecule has 7 heteroatoms. The van der Waals surface area contributed by atoms with E-state index in [0.29, 0.717) is 5.76 Å². The van der Waals surface area contributed by atoms with E-state index >= 15 is 0 Å². The lowest BCUT2D eigenvalue weighted by Gasteiger charge is -2.01. The number of carbonyl (C=O) groups is 1. The number of halogens is 1. The highest BCUT2D eigenvalue weighted by molar-refractivity contribution is 6.32. The largest absolute Gasteiger partial charge is 0.469 e. The first kappa shape index (κ1) is 15.5. The Balaban J connectivity index is 2.48. The summed E-state index contributed by atoms with van der Waals surface area (Å²) in [5.74, 6) is -0.146. The zero-order chi connectivity index (χ0) is 16.3. The molecule has 0 aliphatic carbocycles. The molecule has 0 amide bonds. The maximum atomic E-state index is 12.3. The quantitative estimate of drug-likeness (QED) is 0.280. The molecule has 0 spiro atoms. The van der Waals surface area contributed by atoms with Gasteiger partial charge in [0.2, 0.25) is 5.78 Å². The van der Waals surface area contributed by atoms with Crippen molar-refractivity contribution in [2.75, 3.05) is 0 Å². The third-order valence-electron chi connectivity index (χ3n) is 2.96. The summed E-state index contributed by atoms with van der Waals surface area (Å²) in [6, 6.07) is 7.03. The van der Waals surface area contributed by atoms with Crippen LogP contribution in [-0.4, -0.2) is 10.7 Å². The van der Waals surface area contributed by atoms with Crippen molar-refractivity contribution < 1.29 is 14.1 Å². The summed E-state index contributed by atoms with van der Waals surface area (Å²) in [7, 11) is 0. The topological polar surface area (TPSA) is 97.1 Å². The predicted molar refractivity (Wildman–Crippen MR) is 79.5 cm³/mol. The zero-order valence-electron chi connectivity index (χ0n) is 11.4. The van der Waals surface area contributed by atoms with Gasteiger partial charge in [-0.15, -0.1) is 0 Å². The molecule has 1 heterocycles. The molecular weight excluding hydrogens is 308 g/mol. The molecule has 2 aromatic rings. The predicted octanol–water partition coefficient (Wildman–Crippen LogP) is 3.94. The third-order valence-corrected chi connectivity index (χ3v) is 3.30. The van der Waals surface area contributed by atoms with E-state index < -0.39 is 10.7 Å². The van der Waals surface area contributed by atoms with E-state index in [-0.39, 0.29) is 27.4 Å². The Morgan fingerprint density at radius 2 is 2.18 bits per heavy atom. The van der Waals surface area contributed by atoms with Crippen molar-refractivity contribution in [2.24, 2.45) is 0 Å². The van der Waals surface area contributed by atoms with Crippen LogP contribution in [0.1, 0.15) is 21.7 Å². The number of nitro groups is 1. The lowest BCUT2D eigenvalue weighted by Crippen LogP contribution is -2.02. The normalized spacial score (nSPS) is 11.0. The fourth-order valence-electron chi connectivity index (χ4n) is 1.83. The van der Waals surface area contributed by atoms with Crippen LogP contribution < -0.4 is 0 Å². The second-order valence-corrected chi connectivity index (χ2v) is 4.76. The molecule has 0 radical (unpaired) electrons. The van der Waals surface area contributed by atoms with Crippen molar-refractivity contribution in [3.8, 4) is 6.07 Å². The van der Waals surface area contributed by atoms with Crippen LogP contribution in [0.4, 0.5) is 5.69 Å². The van der Waals surface area contributed by atoms with E-state index in [1.54, 1.807) is 13.0 Å². The molecule has 0 saturated carbocycles. The number of Topliss-reactive ketones (excluding diaryl/α,β-unsaturated/α-hetero) is 1. The minimum Gasteiger partial charge on any atom is -0.469 e. The number of nitriles is 1. The number of rotatable bonds is 4. The van der Waals surface area contributed by atoms with Crippen LogP contribution in [0, 0.1) is 28.4 Å². The third kappa shape index (κ3) is 3.05. The average Bonchev–Trinajstić information content (AvgIpc) is 2.91. The van der Waals surface area contributed by atoms with E-state index in [2.05, 4.69) is 0 Å². The fraction of sp³-hybridized carbons (Fsp3) is 0.0667. The number of nitrogens with zero attached hydrogens (tertiary/aromatic N) is 2. The number of ketones is 1. The van der Waals surface area contributed by atoms with E-state index in [1.165, 1.54) is 36.6 Å². The average molecular weight is 317 g/mol. The molecule has 0 aliphatic heterocycles. The molecule has 6 nitrogen and oxygen atoms in total. The summed E-state index contributed by atoms with van der Waals surface area (Å²) >= 11 is 5.96. The number of non-ortho nitro benzene ring substituents is 1. The molecule has 110 valence electrons. The first-order valence-corrected chi connectivity index (χ1v) is 6.46. The van der Waals surface area contributed by atoms with Gasteiger partial charge >= 0.3 is 0 Å². The van der Waals surface area contributed by atoms with Crippen LogP contribution in [0.15, 0.2) is 40.5 Å². The highest BCUT2D eigenvalue weighted by Gasteiger charge is 2.17. The Kier molecular flexibility index (Phi) is 4.39. The van der Waals surface area contributed by atoms with Gasteiger partial charge in [0.1, 0.15) is 17.4 Å². The second kappa shape index (κ2) is 6.24. The van der Waals surface area contributed by atoms with E-state index in [9.17, 15) is 20.2 Å². The summed E-state index contributed by atoms with van der Waals surface area (Å²) in [5.41, 5.74) is 0.114. The maximum Gasteiger partial charge on any atom is 0.270 e. The first-order chi connectivity index (χ1) is 10.4. The number of benzene rings is 1. The van der Waals surface area contributed by atoms with Crippen molar-refractivity contribution >= 4 is 29.1 Å². The second-order valence-electron chi connectivity index (χ2n) is 4.35. The molecule has 1 aromatic heterocycles. The van der Waals surface area contributed by atoms with Crippen LogP contribution in [0.2, 0.25) is 5.02 Å². The summed E-state index contributed by atoms with van der Waals surface area (Å²) in [6.45, 7) is 1.60. The molecule has 0 aliphatic rings. The fourth-order valence-corrected chi connectivity index (χ4v) is 2.00. The number of hydrogen-bond acceptors (Lipinski definition) is 5. The van der Waals surface area contributed by atoms with Gasteiger partial charge in [0.25, 0.3) is 5.69 Å². The number of hydrogen-bond donors (Lipinski definition) is 0. The molecule has 0 saturated heterocycles. The van der Waals surface area contributed by atoms with Crippen molar-refractivity contribution in [3.63, 3.8) is 0 Å². The van der Waals surface area contributed by atoms with Crippen molar-refractivity contribution in [1.29, 1.82) is 5.26 Å². The molecule has 1 aromatic carbocycles. The van der Waals surface area contributed by atoms with Gasteiger partial charge in [-0.05, 0) is 25.1 Å². The molecule has 2 rings (SSSR count). The Morgan fingerprint density at radius 3 is 2.73 bits per heavy atom. The summed E-state index contributed by atoms with van der Waals surface area (Å²) in [4.78, 5) is 22.5. The van der Waals surface area contributed by atoms with E-state index in [0.717, 1.165) is 0 Å². The molecular formula is C15H9ClN2O4. The lowest BCUT2D eigenvalue weighted by atomic mass is 10.0. The first-order valence-electron chi connectivity index (χ1n) is 6.08. The van der Waals surface area contributed by atoms with Crippen LogP contribution in [-0.2, 0) is 0 Å². The Hall–Kier alpha value is -2.91. The van der Waals surface area contributed by atoms with Crippen LogP contribution >= 0.6 is 11.6 Å². The molecule has 0 N–H and O–H groups in total. The SMILES string of the molecule is Cc1occc1C(=O)/C(C#N)=C/c1cc([N+](=O)[O-])ccc1Cl. The van der Waals surface area contributed by atoms with Gasteiger partial charge < -0.3 is 4.42 Å². The highest BCUT2D eigenvalue weighted by Crippen LogP contribution is 2.25. The minimum absolute atomic E-state index is 0.181. The van der Waals surface area contributed by atoms with Gasteiger partial charge in [-0.25, -0.2) is 0 Å². The van der Waals surface area contributed by atoms with Crippen molar-refractivity contribution in [2.45, 2.75) is 6.92 Å². The number of allylic oxidation sites excluding steroid dienone is 1. The van der Waals surface area contributed by atoms with Crippen molar-refractivity contribution in [3.05, 3.63) is 68.1 Å². The zero-order valence-corrected chi connectivity index (χ0v) is 12.1. The number of aryl methyl sites for hydroxylation is 1. The van der Waals surface area contributed by atoms with Crippen LogP contribution in [0.25, 0.3) is 6.08 Å². The molecule has 0 atom stereocenters. The van der Waals surface area contributed by atoms with E-state index in [1.807, 2.05) is 0 Å². The summed E-state index contributed by atoms with van der Waals surface area (Å²) in [5, 5.41) is 20.2. The Morgan fingerprint density at radius 1 is 1.45 bits per heavy atom. The highest BCUT2D eigenvalue weighted by atomic mass is 35.5. The lowest BCUT2D eigenvalue weighted by molar-refractivity contribution is -0.384. The Bertz CT molecular complexity index is 830. The van der Waals surface area contributed by atoms with E-state index in [4.69, 9.17) is 16.0 Å². The monoisotopic (exact) mass is 316 g/mol. The van der Waals surface area contributed by atoms with Gasteiger partial charge in [-0.2, -0.15) is 5.26 Å². The minimum atomic E-state index is -0.582. The van der Waals surface area contributed by atoms with Crippen LogP contribution in [0.5, 0.6) is 0 Å². The van der Waals surface area contributed by atoms with Crippen LogP contribution in [0.3, 0.4) is 0 Å². The Labute approximate surface area is 130 Å². The smallest absolute Gasteiger partial charge is 0.270 e. The molecule has 0 bridgehead atoms. The molecule has 0 unspecified atom stereocenters. The van der Waals surface area contributed by atoms with Gasteiger partial charge in [0.15, 0.2) is 0 Å². The molecule has 22 heavy (non-hydrogen) atoms. The maximum absolute atomic E-state index is 12.3. The summed E-state index contributed by atoms with van der Waals surface area (Å²) in [6.07, 6.45) is 2.57. The van der Waals surface area contributed by atoms with Gasteiger partial charge in [0.05, 0.1) is 16.7 Å². The van der Waals surface area contributed by atoms with Gasteiger partial charge in [-0.1, -0.05) is 11.6 Å². The van der Waals surface area contributed by atoms with Gasteiger partial charge in [-0.3, -0.25) is 14.9 Å². The summed E-state index contributed by atoms with van der Waals surface area (Å²) < 4.78 is 5.03.